The van der Waals surface area contributed by atoms with Crippen molar-refractivity contribution in [1.29, 1.82) is 0 Å². The Labute approximate surface area is 147 Å². The van der Waals surface area contributed by atoms with Gasteiger partial charge in [-0.2, -0.15) is 0 Å². The van der Waals surface area contributed by atoms with Crippen LogP contribution >= 0.6 is 0 Å². The van der Waals surface area contributed by atoms with Crippen molar-refractivity contribution in [3.8, 4) is 16.9 Å². The van der Waals surface area contributed by atoms with Crippen molar-refractivity contribution < 1.29 is 13.2 Å². The van der Waals surface area contributed by atoms with Crippen molar-refractivity contribution in [2.45, 2.75) is 11.8 Å². The van der Waals surface area contributed by atoms with Crippen LogP contribution in [-0.2, 0) is 10.0 Å². The number of nitrogens with one attached hydrogen (secondary N) is 1. The van der Waals surface area contributed by atoms with E-state index in [0.29, 0.717) is 5.75 Å². The summed E-state index contributed by atoms with van der Waals surface area (Å²) in [5, 5.41) is 0. The van der Waals surface area contributed by atoms with E-state index >= 15 is 0 Å². The van der Waals surface area contributed by atoms with Gasteiger partial charge < -0.3 is 4.74 Å². The first-order valence-electron chi connectivity index (χ1n) is 7.68. The molecule has 6 heteroatoms. The maximum absolute atomic E-state index is 12.7. The highest BCUT2D eigenvalue weighted by atomic mass is 32.2. The summed E-state index contributed by atoms with van der Waals surface area (Å²) in [6.45, 7) is 1.82. The summed E-state index contributed by atoms with van der Waals surface area (Å²) in [7, 11) is -2.35. The SMILES string of the molecule is COc1ccc(C)cc1S(=O)(=O)Nc1ccc(-c2ccccc2)cn1. The molecule has 1 heterocycles. The number of sulfonamides is 1. The van der Waals surface area contributed by atoms with Gasteiger partial charge in [0.05, 0.1) is 7.11 Å². The van der Waals surface area contributed by atoms with Crippen LogP contribution in [0.2, 0.25) is 0 Å². The molecule has 0 spiro atoms. The van der Waals surface area contributed by atoms with E-state index in [0.717, 1.165) is 16.7 Å². The fourth-order valence-corrected chi connectivity index (χ4v) is 3.71. The molecule has 0 aliphatic heterocycles. The number of aryl methyl sites for hydroxylation is 1. The van der Waals surface area contributed by atoms with Crippen molar-refractivity contribution in [2.75, 3.05) is 11.8 Å². The molecule has 0 aliphatic carbocycles. The van der Waals surface area contributed by atoms with E-state index in [1.807, 2.05) is 43.3 Å². The Morgan fingerprint density at radius 2 is 1.72 bits per heavy atom. The van der Waals surface area contributed by atoms with Gasteiger partial charge in [0.25, 0.3) is 10.0 Å². The molecule has 3 rings (SSSR count). The third kappa shape index (κ3) is 3.80. The molecule has 0 bridgehead atoms. The monoisotopic (exact) mass is 354 g/mol. The zero-order valence-corrected chi connectivity index (χ0v) is 14.7. The number of benzene rings is 2. The first-order chi connectivity index (χ1) is 12.0. The molecular formula is C19H18N2O3S. The Morgan fingerprint density at radius 1 is 0.960 bits per heavy atom. The molecule has 0 radical (unpaired) electrons. The Hall–Kier alpha value is -2.86. The van der Waals surface area contributed by atoms with Gasteiger partial charge >= 0.3 is 0 Å². The Balaban J connectivity index is 1.88. The quantitative estimate of drug-likeness (QED) is 0.755. The molecule has 2 aromatic carbocycles. The summed E-state index contributed by atoms with van der Waals surface area (Å²) in [6, 6.07) is 18.2. The number of rotatable bonds is 5. The molecule has 128 valence electrons. The van der Waals surface area contributed by atoms with Crippen LogP contribution in [0.4, 0.5) is 5.82 Å². The highest BCUT2D eigenvalue weighted by molar-refractivity contribution is 7.92. The van der Waals surface area contributed by atoms with Crippen molar-refractivity contribution in [1.82, 2.24) is 4.98 Å². The number of pyridine rings is 1. The zero-order chi connectivity index (χ0) is 17.9. The maximum atomic E-state index is 12.7. The van der Waals surface area contributed by atoms with Crippen LogP contribution in [0.25, 0.3) is 11.1 Å². The predicted molar refractivity (Wildman–Crippen MR) is 98.2 cm³/mol. The zero-order valence-electron chi connectivity index (χ0n) is 13.9. The van der Waals surface area contributed by atoms with Crippen molar-refractivity contribution in [3.63, 3.8) is 0 Å². The first kappa shape index (κ1) is 17.0. The molecule has 25 heavy (non-hydrogen) atoms. The second-order valence-electron chi connectivity index (χ2n) is 5.56. The van der Waals surface area contributed by atoms with Gasteiger partial charge in [0.1, 0.15) is 16.5 Å². The van der Waals surface area contributed by atoms with Gasteiger partial charge in [-0.15, -0.1) is 0 Å². The standard InChI is InChI=1S/C19H18N2O3S/c1-14-8-10-17(24-2)18(12-14)25(22,23)21-19-11-9-16(13-20-19)15-6-4-3-5-7-15/h3-13H,1-2H3,(H,20,21). The molecule has 1 aromatic heterocycles. The van der Waals surface area contributed by atoms with Crippen LogP contribution in [0.3, 0.4) is 0 Å². The molecule has 0 amide bonds. The Kier molecular flexibility index (Phi) is 4.72. The Morgan fingerprint density at radius 3 is 2.36 bits per heavy atom. The smallest absolute Gasteiger partial charge is 0.266 e. The van der Waals surface area contributed by atoms with Crippen LogP contribution in [0.15, 0.2) is 71.8 Å². The van der Waals surface area contributed by atoms with Gasteiger partial charge in [-0.3, -0.25) is 4.72 Å². The van der Waals surface area contributed by atoms with Crippen LogP contribution in [-0.4, -0.2) is 20.5 Å². The summed E-state index contributed by atoms with van der Waals surface area (Å²) in [5.41, 5.74) is 2.76. The average molecular weight is 354 g/mol. The van der Waals surface area contributed by atoms with Gasteiger partial charge in [0, 0.05) is 11.8 Å². The van der Waals surface area contributed by atoms with Gasteiger partial charge in [-0.1, -0.05) is 36.4 Å². The van der Waals surface area contributed by atoms with E-state index in [1.54, 1.807) is 30.5 Å². The molecule has 1 N–H and O–H groups in total. The minimum Gasteiger partial charge on any atom is -0.495 e. The predicted octanol–water partition coefficient (Wildman–Crippen LogP) is 3.87. The van der Waals surface area contributed by atoms with Crippen molar-refractivity contribution >= 4 is 15.8 Å². The molecule has 5 nitrogen and oxygen atoms in total. The Bertz CT molecular complexity index is 969. The van der Waals surface area contributed by atoms with E-state index in [4.69, 9.17) is 4.74 Å². The number of aromatic nitrogens is 1. The van der Waals surface area contributed by atoms with Crippen LogP contribution in [0.1, 0.15) is 5.56 Å². The maximum Gasteiger partial charge on any atom is 0.266 e. The molecule has 0 saturated carbocycles. The van der Waals surface area contributed by atoms with E-state index in [9.17, 15) is 8.42 Å². The highest BCUT2D eigenvalue weighted by Gasteiger charge is 2.20. The second-order valence-corrected chi connectivity index (χ2v) is 7.21. The van der Waals surface area contributed by atoms with Crippen molar-refractivity contribution in [2.24, 2.45) is 0 Å². The highest BCUT2D eigenvalue weighted by Crippen LogP contribution is 2.27. The molecule has 0 aliphatic rings. The minimum absolute atomic E-state index is 0.0870. The van der Waals surface area contributed by atoms with Crippen LogP contribution in [0.5, 0.6) is 5.75 Å². The molecule has 0 saturated heterocycles. The normalized spacial score (nSPS) is 11.1. The second kappa shape index (κ2) is 6.94. The summed E-state index contributed by atoms with van der Waals surface area (Å²) in [4.78, 5) is 4.30. The molecule has 3 aromatic rings. The van der Waals surface area contributed by atoms with E-state index in [2.05, 4.69) is 9.71 Å². The molecule has 0 unspecified atom stereocenters. The van der Waals surface area contributed by atoms with Crippen molar-refractivity contribution in [3.05, 3.63) is 72.4 Å². The molecule has 0 fully saturated rings. The lowest BCUT2D eigenvalue weighted by Gasteiger charge is -2.12. The number of ether oxygens (including phenoxy) is 1. The van der Waals surface area contributed by atoms with Gasteiger partial charge in [0.2, 0.25) is 0 Å². The first-order valence-corrected chi connectivity index (χ1v) is 9.17. The summed E-state index contributed by atoms with van der Waals surface area (Å²) < 4.78 is 33.0. The fourth-order valence-electron chi connectivity index (χ4n) is 2.44. The lowest BCUT2D eigenvalue weighted by molar-refractivity contribution is 0.402. The summed E-state index contributed by atoms with van der Waals surface area (Å²) in [6.07, 6.45) is 1.64. The number of hydrogen-bond donors (Lipinski definition) is 1. The van der Waals surface area contributed by atoms with Crippen LogP contribution in [0, 0.1) is 6.92 Å². The lowest BCUT2D eigenvalue weighted by atomic mass is 10.1. The largest absolute Gasteiger partial charge is 0.495 e. The van der Waals surface area contributed by atoms with Crippen LogP contribution < -0.4 is 9.46 Å². The third-order valence-corrected chi connectivity index (χ3v) is 5.09. The summed E-state index contributed by atoms with van der Waals surface area (Å²) >= 11 is 0. The third-order valence-electron chi connectivity index (χ3n) is 3.72. The topological polar surface area (TPSA) is 68.3 Å². The minimum atomic E-state index is -3.79. The fraction of sp³-hybridized carbons (Fsp3) is 0.105. The lowest BCUT2D eigenvalue weighted by Crippen LogP contribution is -2.15. The molecule has 0 atom stereocenters. The van der Waals surface area contributed by atoms with Gasteiger partial charge in [0.15, 0.2) is 0 Å². The number of anilines is 1. The number of hydrogen-bond acceptors (Lipinski definition) is 4. The van der Waals surface area contributed by atoms with Gasteiger partial charge in [-0.25, -0.2) is 13.4 Å². The van der Waals surface area contributed by atoms with Gasteiger partial charge in [-0.05, 0) is 42.3 Å². The number of nitrogens with zero attached hydrogens (tertiary/aromatic N) is 1. The van der Waals surface area contributed by atoms with E-state index in [-0.39, 0.29) is 10.7 Å². The average Bonchev–Trinajstić information content (AvgIpc) is 2.63. The van der Waals surface area contributed by atoms with E-state index in [1.165, 1.54) is 7.11 Å². The summed E-state index contributed by atoms with van der Waals surface area (Å²) in [5.74, 6) is 0.544. The van der Waals surface area contributed by atoms with E-state index < -0.39 is 10.0 Å². The number of methoxy groups -OCH3 is 1. The molecular weight excluding hydrogens is 336 g/mol.